The van der Waals surface area contributed by atoms with Crippen LogP contribution in [-0.4, -0.2) is 86.7 Å². The zero-order chi connectivity index (χ0) is 24.3. The molecule has 32 heavy (non-hydrogen) atoms. The average molecular weight is 473 g/mol. The summed E-state index contributed by atoms with van der Waals surface area (Å²) in [7, 11) is 0. The number of hydrogen-bond acceptors (Lipinski definition) is 8. The number of thioether (sulfide) groups is 1. The Morgan fingerprint density at radius 2 is 1.69 bits per heavy atom. The van der Waals surface area contributed by atoms with E-state index in [1.807, 2.05) is 6.26 Å². The molecule has 8 N–H and O–H groups in total. The molecule has 180 valence electrons. The molecule has 3 amide bonds. The molecule has 4 atom stereocenters. The van der Waals surface area contributed by atoms with Gasteiger partial charge in [0.25, 0.3) is 0 Å². The number of hydrogen-bond donors (Lipinski definition) is 7. The first-order valence-electron chi connectivity index (χ1n) is 10.1. The topological polar surface area (TPSA) is 200 Å². The fraction of sp³-hybridized carbons (Fsp3) is 0.632. The lowest BCUT2D eigenvalue weighted by Gasteiger charge is -2.25. The minimum atomic E-state index is -1.50. The second kappa shape index (κ2) is 13.7. The maximum absolute atomic E-state index is 13.0. The number of aliphatic hydroxyl groups excluding tert-OH is 1. The Labute approximate surface area is 190 Å². The number of carbonyl (C=O) groups excluding carboxylic acids is 3. The second-order valence-electron chi connectivity index (χ2n) is 7.54. The number of nitrogens with zero attached hydrogens (tertiary/aromatic N) is 1. The van der Waals surface area contributed by atoms with Crippen LogP contribution in [0.2, 0.25) is 0 Å². The van der Waals surface area contributed by atoms with E-state index in [4.69, 9.17) is 15.9 Å². The third-order valence-corrected chi connectivity index (χ3v) is 5.32. The minimum absolute atomic E-state index is 0.0770. The number of carbonyl (C=O) groups is 4. The van der Waals surface area contributed by atoms with E-state index in [-0.39, 0.29) is 18.8 Å². The van der Waals surface area contributed by atoms with Crippen molar-refractivity contribution in [1.82, 2.24) is 25.9 Å². The molecule has 0 fully saturated rings. The summed E-state index contributed by atoms with van der Waals surface area (Å²) in [6, 6.07) is -4.45. The zero-order valence-electron chi connectivity index (χ0n) is 18.3. The summed E-state index contributed by atoms with van der Waals surface area (Å²) in [4.78, 5) is 55.9. The first kappa shape index (κ1) is 27.4. The minimum Gasteiger partial charge on any atom is -0.480 e. The van der Waals surface area contributed by atoms with E-state index in [2.05, 4.69) is 25.9 Å². The molecule has 1 heterocycles. The summed E-state index contributed by atoms with van der Waals surface area (Å²) >= 11 is 1.44. The number of aliphatic carboxylic acids is 1. The molecule has 1 aromatic rings. The third-order valence-electron chi connectivity index (χ3n) is 4.67. The van der Waals surface area contributed by atoms with Crippen LogP contribution in [0.5, 0.6) is 0 Å². The summed E-state index contributed by atoms with van der Waals surface area (Å²) in [6.45, 7) is 2.75. The van der Waals surface area contributed by atoms with Gasteiger partial charge in [0, 0.05) is 18.3 Å². The fourth-order valence-electron chi connectivity index (χ4n) is 2.63. The van der Waals surface area contributed by atoms with Gasteiger partial charge in [0.1, 0.15) is 18.1 Å². The number of nitrogens with one attached hydrogen (secondary N) is 4. The van der Waals surface area contributed by atoms with Crippen LogP contribution in [0.15, 0.2) is 12.5 Å². The van der Waals surface area contributed by atoms with Gasteiger partial charge in [-0.1, -0.05) is 13.8 Å². The number of aliphatic hydroxyl groups is 1. The molecule has 0 saturated heterocycles. The first-order valence-corrected chi connectivity index (χ1v) is 11.5. The number of carboxylic acids is 1. The van der Waals surface area contributed by atoms with Gasteiger partial charge in [-0.2, -0.15) is 11.8 Å². The highest BCUT2D eigenvalue weighted by Crippen LogP contribution is 2.06. The number of rotatable bonds is 14. The third kappa shape index (κ3) is 8.85. The van der Waals surface area contributed by atoms with Gasteiger partial charge in [-0.25, -0.2) is 9.78 Å². The van der Waals surface area contributed by atoms with Crippen molar-refractivity contribution < 1.29 is 29.4 Å². The predicted octanol–water partition coefficient (Wildman–Crippen LogP) is -1.78. The average Bonchev–Trinajstić information content (AvgIpc) is 3.26. The highest BCUT2D eigenvalue weighted by Gasteiger charge is 2.30. The molecule has 1 aromatic heterocycles. The molecule has 0 aliphatic carbocycles. The van der Waals surface area contributed by atoms with Crippen molar-refractivity contribution in [2.45, 2.75) is 50.9 Å². The molecule has 0 aliphatic heterocycles. The van der Waals surface area contributed by atoms with E-state index in [0.29, 0.717) is 11.4 Å². The van der Waals surface area contributed by atoms with Crippen LogP contribution in [0.25, 0.3) is 0 Å². The molecule has 1 rings (SSSR count). The Kier molecular flexibility index (Phi) is 11.7. The lowest BCUT2D eigenvalue weighted by molar-refractivity contribution is -0.143. The largest absolute Gasteiger partial charge is 0.480 e. The Balaban J connectivity index is 3.00. The lowest BCUT2D eigenvalue weighted by atomic mass is 10.0. The quantitative estimate of drug-likeness (QED) is 0.163. The first-order chi connectivity index (χ1) is 15.1. The molecule has 12 nitrogen and oxygen atoms in total. The van der Waals surface area contributed by atoms with Crippen molar-refractivity contribution in [3.63, 3.8) is 0 Å². The number of H-pyrrole nitrogens is 1. The number of amides is 3. The van der Waals surface area contributed by atoms with Gasteiger partial charge in [0.2, 0.25) is 17.7 Å². The number of carboxylic acid groups (broad SMARTS) is 1. The monoisotopic (exact) mass is 472 g/mol. The van der Waals surface area contributed by atoms with Crippen molar-refractivity contribution in [3.05, 3.63) is 18.2 Å². The molecule has 13 heteroatoms. The molecule has 0 radical (unpaired) electrons. The molecular formula is C19H32N6O6S. The SMILES string of the molecule is CSCCC(NC(=O)C(Cc1cnc[nH]1)NC(=O)C(N)C(C)C)C(=O)NC(CO)C(=O)O. The van der Waals surface area contributed by atoms with Crippen molar-refractivity contribution in [3.8, 4) is 0 Å². The summed E-state index contributed by atoms with van der Waals surface area (Å²) in [6.07, 6.45) is 5.05. The summed E-state index contributed by atoms with van der Waals surface area (Å²) in [5.41, 5.74) is 6.47. The van der Waals surface area contributed by atoms with E-state index in [1.54, 1.807) is 13.8 Å². The standard InChI is InChI=1S/C19H32N6O6S/c1-10(2)15(20)18(29)24-13(6-11-7-21-9-22-11)17(28)23-12(4-5-32-3)16(27)25-14(8-26)19(30)31/h7,9-10,12-15,26H,4-6,8,20H2,1-3H3,(H,21,22)(H,23,28)(H,24,29)(H,25,27)(H,30,31). The molecule has 0 aliphatic rings. The number of aromatic amines is 1. The predicted molar refractivity (Wildman–Crippen MR) is 119 cm³/mol. The fourth-order valence-corrected chi connectivity index (χ4v) is 3.10. The summed E-state index contributed by atoms with van der Waals surface area (Å²) in [5.74, 6) is -2.96. The van der Waals surface area contributed by atoms with Crippen LogP contribution >= 0.6 is 11.8 Å². The van der Waals surface area contributed by atoms with E-state index >= 15 is 0 Å². The summed E-state index contributed by atoms with van der Waals surface area (Å²) < 4.78 is 0. The highest BCUT2D eigenvalue weighted by molar-refractivity contribution is 7.98. The molecular weight excluding hydrogens is 440 g/mol. The Morgan fingerprint density at radius 3 is 2.19 bits per heavy atom. The molecule has 0 bridgehead atoms. The van der Waals surface area contributed by atoms with Crippen LogP contribution in [0.4, 0.5) is 0 Å². The van der Waals surface area contributed by atoms with Gasteiger partial charge in [-0.05, 0) is 24.3 Å². The normalized spacial score (nSPS) is 14.8. The Hall–Kier alpha value is -2.64. The van der Waals surface area contributed by atoms with Gasteiger partial charge < -0.3 is 36.9 Å². The van der Waals surface area contributed by atoms with Crippen molar-refractivity contribution >= 4 is 35.5 Å². The lowest BCUT2D eigenvalue weighted by Crippen LogP contribution is -2.58. The van der Waals surface area contributed by atoms with Gasteiger partial charge in [0.15, 0.2) is 0 Å². The van der Waals surface area contributed by atoms with Crippen LogP contribution < -0.4 is 21.7 Å². The van der Waals surface area contributed by atoms with Gasteiger partial charge in [-0.3, -0.25) is 14.4 Å². The molecule has 0 spiro atoms. The van der Waals surface area contributed by atoms with Crippen LogP contribution in [0.1, 0.15) is 26.0 Å². The Bertz CT molecular complexity index is 759. The molecule has 4 unspecified atom stereocenters. The van der Waals surface area contributed by atoms with Crippen molar-refractivity contribution in [1.29, 1.82) is 0 Å². The van der Waals surface area contributed by atoms with Crippen molar-refractivity contribution in [2.75, 3.05) is 18.6 Å². The van der Waals surface area contributed by atoms with Crippen LogP contribution in [-0.2, 0) is 25.6 Å². The number of imidazole rings is 1. The Morgan fingerprint density at radius 1 is 1.09 bits per heavy atom. The maximum atomic E-state index is 13.0. The van der Waals surface area contributed by atoms with Gasteiger partial charge in [-0.15, -0.1) is 0 Å². The van der Waals surface area contributed by atoms with E-state index in [9.17, 15) is 19.2 Å². The second-order valence-corrected chi connectivity index (χ2v) is 8.52. The van der Waals surface area contributed by atoms with Gasteiger partial charge >= 0.3 is 5.97 Å². The number of nitrogens with two attached hydrogens (primary N) is 1. The number of aromatic nitrogens is 2. The zero-order valence-corrected chi connectivity index (χ0v) is 19.1. The van der Waals surface area contributed by atoms with Gasteiger partial charge in [0.05, 0.1) is 19.0 Å². The van der Waals surface area contributed by atoms with Crippen LogP contribution in [0.3, 0.4) is 0 Å². The molecule has 0 saturated carbocycles. The van der Waals surface area contributed by atoms with E-state index in [0.717, 1.165) is 0 Å². The molecule has 0 aromatic carbocycles. The maximum Gasteiger partial charge on any atom is 0.328 e. The van der Waals surface area contributed by atoms with Crippen molar-refractivity contribution in [2.24, 2.45) is 11.7 Å². The summed E-state index contributed by atoms with van der Waals surface area (Å²) in [5, 5.41) is 25.6. The van der Waals surface area contributed by atoms with E-state index < -0.39 is 54.5 Å². The van der Waals surface area contributed by atoms with Crippen LogP contribution in [0, 0.1) is 5.92 Å². The van der Waals surface area contributed by atoms with E-state index in [1.165, 1.54) is 24.3 Å². The smallest absolute Gasteiger partial charge is 0.328 e. The highest BCUT2D eigenvalue weighted by atomic mass is 32.2.